The molecule has 1 heterocycles. The lowest BCUT2D eigenvalue weighted by Gasteiger charge is -2.16. The number of aryl methyl sites for hydroxylation is 2. The number of amides is 1. The molecule has 1 aromatic heterocycles. The van der Waals surface area contributed by atoms with Gasteiger partial charge in [0.25, 0.3) is 0 Å². The summed E-state index contributed by atoms with van der Waals surface area (Å²) in [5.41, 5.74) is 4.61. The van der Waals surface area contributed by atoms with Crippen LogP contribution < -0.4 is 5.32 Å². The average Bonchev–Trinajstić information content (AvgIpc) is 3.14. The lowest BCUT2D eigenvalue weighted by Crippen LogP contribution is -2.33. The molecule has 28 heavy (non-hydrogen) atoms. The molecule has 5 nitrogen and oxygen atoms in total. The van der Waals surface area contributed by atoms with Crippen molar-refractivity contribution in [2.45, 2.75) is 44.0 Å². The predicted octanol–water partition coefficient (Wildman–Crippen LogP) is 4.28. The molecular weight excluding hydrogens is 368 g/mol. The van der Waals surface area contributed by atoms with Gasteiger partial charge in [0.05, 0.1) is 10.9 Å². The Hall–Kier alpha value is -2.60. The van der Waals surface area contributed by atoms with Gasteiger partial charge in [-0.2, -0.15) is 0 Å². The molecule has 3 aromatic rings. The zero-order valence-electron chi connectivity index (χ0n) is 16.7. The minimum Gasteiger partial charge on any atom is -0.355 e. The van der Waals surface area contributed by atoms with E-state index in [0.29, 0.717) is 11.7 Å². The third-order valence-electron chi connectivity index (χ3n) is 4.73. The van der Waals surface area contributed by atoms with Gasteiger partial charge in [-0.05, 0) is 43.9 Å². The number of carbonyl (C=O) groups excluding carboxylic acids is 1. The van der Waals surface area contributed by atoms with Gasteiger partial charge in [-0.1, -0.05) is 66.7 Å². The number of nitrogens with one attached hydrogen (secondary N) is 1. The lowest BCUT2D eigenvalue weighted by atomic mass is 10.0. The highest BCUT2D eigenvalue weighted by atomic mass is 32.2. The van der Waals surface area contributed by atoms with Crippen LogP contribution >= 0.6 is 11.8 Å². The number of aromatic nitrogens is 3. The quantitative estimate of drug-likeness (QED) is 0.608. The second-order valence-electron chi connectivity index (χ2n) is 7.09. The minimum atomic E-state index is -0.267. The average molecular weight is 395 g/mol. The molecule has 146 valence electrons. The maximum atomic E-state index is 12.6. The number of hydrogen-bond acceptors (Lipinski definition) is 4. The fourth-order valence-electron chi connectivity index (χ4n) is 3.05. The standard InChI is InChI=1S/C22H26N4OS/c1-15-10-11-20(16(2)12-15)26-14-24-25-22(26)28-18(4)21(27)23-13-17(3)19-8-6-5-7-9-19/h5-12,14,17-18H,13H2,1-4H3,(H,23,27). The minimum absolute atomic E-state index is 0.00274. The Morgan fingerprint density at radius 3 is 2.61 bits per heavy atom. The molecule has 1 N–H and O–H groups in total. The molecule has 2 unspecified atom stereocenters. The molecule has 0 radical (unpaired) electrons. The van der Waals surface area contributed by atoms with Crippen LogP contribution in [0.15, 0.2) is 60.0 Å². The van der Waals surface area contributed by atoms with Gasteiger partial charge in [0.2, 0.25) is 5.91 Å². The first-order valence-electron chi connectivity index (χ1n) is 9.42. The SMILES string of the molecule is Cc1ccc(-n2cnnc2SC(C)C(=O)NCC(C)c2ccccc2)c(C)c1. The van der Waals surface area contributed by atoms with Crippen LogP contribution in [0.25, 0.3) is 5.69 Å². The molecule has 0 aliphatic heterocycles. The van der Waals surface area contributed by atoms with Gasteiger partial charge in [-0.15, -0.1) is 10.2 Å². The molecule has 0 aliphatic carbocycles. The molecule has 0 fully saturated rings. The van der Waals surface area contributed by atoms with Crippen LogP contribution in [0, 0.1) is 13.8 Å². The molecule has 0 spiro atoms. The zero-order chi connectivity index (χ0) is 20.1. The van der Waals surface area contributed by atoms with Crippen LogP contribution in [-0.4, -0.2) is 32.5 Å². The Labute approximate surface area is 170 Å². The van der Waals surface area contributed by atoms with Crippen LogP contribution in [-0.2, 0) is 4.79 Å². The Balaban J connectivity index is 1.63. The Bertz CT molecular complexity index is 939. The van der Waals surface area contributed by atoms with Gasteiger partial charge in [0.1, 0.15) is 6.33 Å². The highest BCUT2D eigenvalue weighted by Gasteiger charge is 2.19. The van der Waals surface area contributed by atoms with E-state index in [1.807, 2.05) is 29.7 Å². The molecule has 0 bridgehead atoms. The molecule has 0 aliphatic rings. The molecule has 0 saturated heterocycles. The first-order valence-corrected chi connectivity index (χ1v) is 10.3. The summed E-state index contributed by atoms with van der Waals surface area (Å²) in [6, 6.07) is 16.5. The van der Waals surface area contributed by atoms with E-state index in [0.717, 1.165) is 11.3 Å². The second kappa shape index (κ2) is 9.06. The van der Waals surface area contributed by atoms with Crippen molar-refractivity contribution >= 4 is 17.7 Å². The number of hydrogen-bond donors (Lipinski definition) is 1. The summed E-state index contributed by atoms with van der Waals surface area (Å²) < 4.78 is 1.94. The molecular formula is C22H26N4OS. The third kappa shape index (κ3) is 4.81. The van der Waals surface area contributed by atoms with Crippen molar-refractivity contribution in [3.8, 4) is 5.69 Å². The maximum Gasteiger partial charge on any atom is 0.233 e. The van der Waals surface area contributed by atoms with E-state index >= 15 is 0 Å². The van der Waals surface area contributed by atoms with E-state index in [9.17, 15) is 4.79 Å². The monoisotopic (exact) mass is 394 g/mol. The van der Waals surface area contributed by atoms with E-state index in [1.54, 1.807) is 6.33 Å². The number of rotatable bonds is 7. The third-order valence-corrected chi connectivity index (χ3v) is 5.79. The summed E-state index contributed by atoms with van der Waals surface area (Å²) >= 11 is 1.42. The lowest BCUT2D eigenvalue weighted by molar-refractivity contribution is -0.120. The normalized spacial score (nSPS) is 13.1. The first-order chi connectivity index (χ1) is 13.5. The molecule has 6 heteroatoms. The Kier molecular flexibility index (Phi) is 6.52. The summed E-state index contributed by atoms with van der Waals surface area (Å²) in [7, 11) is 0. The summed E-state index contributed by atoms with van der Waals surface area (Å²) in [5.74, 6) is 0.268. The van der Waals surface area contributed by atoms with Crippen molar-refractivity contribution in [3.05, 3.63) is 71.5 Å². The number of benzene rings is 2. The van der Waals surface area contributed by atoms with Gasteiger partial charge >= 0.3 is 0 Å². The second-order valence-corrected chi connectivity index (χ2v) is 8.40. The van der Waals surface area contributed by atoms with E-state index in [2.05, 4.69) is 66.6 Å². The Morgan fingerprint density at radius 2 is 1.89 bits per heavy atom. The van der Waals surface area contributed by atoms with Crippen LogP contribution in [0.4, 0.5) is 0 Å². The molecule has 2 aromatic carbocycles. The van der Waals surface area contributed by atoms with Crippen molar-refractivity contribution < 1.29 is 4.79 Å². The van der Waals surface area contributed by atoms with Crippen LogP contribution in [0.2, 0.25) is 0 Å². The van der Waals surface area contributed by atoms with Gasteiger partial charge in [-0.25, -0.2) is 0 Å². The van der Waals surface area contributed by atoms with E-state index in [1.165, 1.54) is 22.9 Å². The summed E-state index contributed by atoms with van der Waals surface area (Å²) in [4.78, 5) is 12.6. The first kappa shape index (κ1) is 20.1. The summed E-state index contributed by atoms with van der Waals surface area (Å²) in [6.07, 6.45) is 1.70. The topological polar surface area (TPSA) is 59.8 Å². The van der Waals surface area contributed by atoms with Gasteiger partial charge in [0, 0.05) is 6.54 Å². The van der Waals surface area contributed by atoms with Gasteiger partial charge < -0.3 is 5.32 Å². The van der Waals surface area contributed by atoms with Crippen LogP contribution in [0.1, 0.15) is 36.5 Å². The van der Waals surface area contributed by atoms with Crippen molar-refractivity contribution in [1.82, 2.24) is 20.1 Å². The predicted molar refractivity (Wildman–Crippen MR) is 114 cm³/mol. The highest BCUT2D eigenvalue weighted by Crippen LogP contribution is 2.26. The van der Waals surface area contributed by atoms with E-state index in [4.69, 9.17) is 0 Å². The van der Waals surface area contributed by atoms with Gasteiger partial charge in [0.15, 0.2) is 5.16 Å². The highest BCUT2D eigenvalue weighted by molar-refractivity contribution is 8.00. The molecule has 0 saturated carbocycles. The van der Waals surface area contributed by atoms with Gasteiger partial charge in [-0.3, -0.25) is 9.36 Å². The van der Waals surface area contributed by atoms with E-state index < -0.39 is 0 Å². The van der Waals surface area contributed by atoms with Crippen molar-refractivity contribution in [2.75, 3.05) is 6.54 Å². The summed E-state index contributed by atoms with van der Waals surface area (Å²) in [5, 5.41) is 11.8. The number of nitrogens with zero attached hydrogens (tertiary/aromatic N) is 3. The fourth-order valence-corrected chi connectivity index (χ4v) is 3.91. The fraction of sp³-hybridized carbons (Fsp3) is 0.318. The molecule has 1 amide bonds. The molecule has 2 atom stereocenters. The van der Waals surface area contributed by atoms with E-state index in [-0.39, 0.29) is 17.1 Å². The van der Waals surface area contributed by atoms with Crippen molar-refractivity contribution in [3.63, 3.8) is 0 Å². The largest absolute Gasteiger partial charge is 0.355 e. The summed E-state index contributed by atoms with van der Waals surface area (Å²) in [6.45, 7) is 8.76. The maximum absolute atomic E-state index is 12.6. The number of thioether (sulfide) groups is 1. The van der Waals surface area contributed by atoms with Crippen LogP contribution in [0.3, 0.4) is 0 Å². The van der Waals surface area contributed by atoms with Crippen molar-refractivity contribution in [1.29, 1.82) is 0 Å². The smallest absolute Gasteiger partial charge is 0.233 e. The molecule has 3 rings (SSSR count). The van der Waals surface area contributed by atoms with Crippen LogP contribution in [0.5, 0.6) is 0 Å². The Morgan fingerprint density at radius 1 is 1.14 bits per heavy atom. The van der Waals surface area contributed by atoms with Crippen molar-refractivity contribution in [2.24, 2.45) is 0 Å². The zero-order valence-corrected chi connectivity index (χ0v) is 17.5. The number of carbonyl (C=O) groups is 1.